The number of nitrogens with two attached hydrogens (primary N) is 2. The van der Waals surface area contributed by atoms with Crippen LogP contribution in [0, 0.1) is 0 Å². The molecule has 3 rings (SSSR count). The zero-order valence-electron chi connectivity index (χ0n) is 23.4. The van der Waals surface area contributed by atoms with Crippen LogP contribution in [0.2, 0.25) is 0 Å². The Kier molecular flexibility index (Phi) is 12.3. The number of ketones is 1. The Balaban J connectivity index is 1.47. The summed E-state index contributed by atoms with van der Waals surface area (Å²) in [5, 5.41) is 12.0. The first kappa shape index (κ1) is 32.0. The molecule has 0 aliphatic rings. The summed E-state index contributed by atoms with van der Waals surface area (Å²) in [6.07, 6.45) is 2.27. The van der Waals surface area contributed by atoms with E-state index in [1.165, 1.54) is 6.20 Å². The van der Waals surface area contributed by atoms with Gasteiger partial charge < -0.3 is 36.3 Å². The fraction of sp³-hybridized carbons (Fsp3) is 0.444. The van der Waals surface area contributed by atoms with Gasteiger partial charge in [-0.05, 0) is 37.1 Å². The number of carbonyl (C=O) groups excluding carboxylic acids is 2. The molecule has 42 heavy (non-hydrogen) atoms. The maximum atomic E-state index is 12.7. The second-order valence-electron chi connectivity index (χ2n) is 9.45. The number of nitrogens with zero attached hydrogens (tertiary/aromatic N) is 4. The van der Waals surface area contributed by atoms with Crippen molar-refractivity contribution in [1.29, 1.82) is 0 Å². The van der Waals surface area contributed by atoms with Crippen LogP contribution in [0.25, 0.3) is 11.2 Å². The van der Waals surface area contributed by atoms with E-state index in [0.29, 0.717) is 51.6 Å². The van der Waals surface area contributed by atoms with Gasteiger partial charge in [0.15, 0.2) is 11.2 Å². The zero-order valence-corrected chi connectivity index (χ0v) is 23.4. The number of nitrogen functional groups attached to an aromatic ring is 1. The average Bonchev–Trinajstić information content (AvgIpc) is 2.96. The molecule has 0 fully saturated rings. The molecule has 2 aromatic heterocycles. The number of anilines is 2. The van der Waals surface area contributed by atoms with Crippen molar-refractivity contribution in [3.8, 4) is 0 Å². The normalized spacial score (nSPS) is 11.8. The van der Waals surface area contributed by atoms with Crippen LogP contribution in [-0.4, -0.2) is 88.8 Å². The molecule has 0 aliphatic carbocycles. The molecule has 7 N–H and O–H groups in total. The topological polar surface area (TPSA) is 229 Å². The maximum absolute atomic E-state index is 12.7. The number of aromatic amines is 1. The lowest BCUT2D eigenvalue weighted by molar-refractivity contribution is -0.139. The monoisotopic (exact) mass is 584 g/mol. The largest absolute Gasteiger partial charge is 0.480 e. The third kappa shape index (κ3) is 9.87. The third-order valence-corrected chi connectivity index (χ3v) is 6.15. The maximum Gasteiger partial charge on any atom is 0.326 e. The van der Waals surface area contributed by atoms with Gasteiger partial charge >= 0.3 is 5.97 Å². The summed E-state index contributed by atoms with van der Waals surface area (Å²) >= 11 is 0. The van der Waals surface area contributed by atoms with Crippen LogP contribution < -0.4 is 27.2 Å². The Hall–Kier alpha value is -4.47. The van der Waals surface area contributed by atoms with Gasteiger partial charge in [-0.3, -0.25) is 19.4 Å². The molecular weight excluding hydrogens is 548 g/mol. The van der Waals surface area contributed by atoms with Gasteiger partial charge in [0.05, 0.1) is 38.3 Å². The highest BCUT2D eigenvalue weighted by molar-refractivity contribution is 5.97. The van der Waals surface area contributed by atoms with Crippen LogP contribution in [0.1, 0.15) is 41.7 Å². The molecule has 0 unspecified atom stereocenters. The summed E-state index contributed by atoms with van der Waals surface area (Å²) in [5.74, 6) is -1.94. The van der Waals surface area contributed by atoms with Gasteiger partial charge in [-0.1, -0.05) is 0 Å². The van der Waals surface area contributed by atoms with Crippen molar-refractivity contribution in [2.45, 2.75) is 38.3 Å². The third-order valence-electron chi connectivity index (χ3n) is 6.15. The summed E-state index contributed by atoms with van der Waals surface area (Å²) in [4.78, 5) is 65.4. The number of fused-ring (bicyclic) bond motifs is 1. The summed E-state index contributed by atoms with van der Waals surface area (Å²) in [6, 6.07) is 5.32. The van der Waals surface area contributed by atoms with Crippen LogP contribution in [0.15, 0.2) is 35.3 Å². The highest BCUT2D eigenvalue weighted by Crippen LogP contribution is 2.17. The van der Waals surface area contributed by atoms with Gasteiger partial charge in [0.25, 0.3) is 11.5 Å². The molecule has 1 aromatic carbocycles. The van der Waals surface area contributed by atoms with E-state index in [2.05, 4.69) is 25.3 Å². The number of hydrogen-bond donors (Lipinski definition) is 5. The molecule has 0 aliphatic heterocycles. The van der Waals surface area contributed by atoms with Crippen LogP contribution >= 0.6 is 0 Å². The first-order chi connectivity index (χ1) is 20.2. The van der Waals surface area contributed by atoms with E-state index < -0.39 is 23.5 Å². The predicted octanol–water partition coefficient (Wildman–Crippen LogP) is 0.236. The van der Waals surface area contributed by atoms with Crippen molar-refractivity contribution in [2.24, 2.45) is 5.73 Å². The van der Waals surface area contributed by atoms with E-state index in [9.17, 15) is 24.3 Å². The molecule has 0 bridgehead atoms. The zero-order chi connectivity index (χ0) is 30.5. The van der Waals surface area contributed by atoms with Crippen molar-refractivity contribution < 1.29 is 29.0 Å². The van der Waals surface area contributed by atoms with Gasteiger partial charge in [-0.2, -0.15) is 4.98 Å². The number of hydrogen-bond acceptors (Lipinski definition) is 12. The molecule has 0 saturated carbocycles. The molecule has 1 amide bonds. The van der Waals surface area contributed by atoms with Crippen molar-refractivity contribution in [3.05, 3.63) is 52.1 Å². The van der Waals surface area contributed by atoms with E-state index in [1.807, 2.05) is 4.90 Å². The minimum atomic E-state index is -1.22. The molecule has 226 valence electrons. The quantitative estimate of drug-likeness (QED) is 0.126. The average molecular weight is 585 g/mol. The molecule has 1 atom stereocenters. The number of aliphatic carboxylic acids is 1. The Bertz CT molecular complexity index is 1410. The molecule has 15 heteroatoms. The van der Waals surface area contributed by atoms with Crippen LogP contribution in [0.5, 0.6) is 0 Å². The van der Waals surface area contributed by atoms with Gasteiger partial charge in [-0.15, -0.1) is 0 Å². The molecule has 0 spiro atoms. The number of Topliss-reactive ketones (excluding diaryl/α,β-unsaturated/α-hetero) is 1. The van der Waals surface area contributed by atoms with E-state index in [0.717, 1.165) is 5.69 Å². The van der Waals surface area contributed by atoms with Crippen LogP contribution in [0.4, 0.5) is 11.6 Å². The highest BCUT2D eigenvalue weighted by atomic mass is 16.5. The van der Waals surface area contributed by atoms with Crippen molar-refractivity contribution in [3.63, 3.8) is 0 Å². The minimum absolute atomic E-state index is 0.0214. The fourth-order valence-corrected chi connectivity index (χ4v) is 3.95. The smallest absolute Gasteiger partial charge is 0.326 e. The number of H-pyrrole nitrogens is 1. The number of rotatable bonds is 18. The van der Waals surface area contributed by atoms with Gasteiger partial charge in [0.2, 0.25) is 5.95 Å². The Morgan fingerprint density at radius 3 is 2.48 bits per heavy atom. The lowest BCUT2D eigenvalue weighted by Crippen LogP contribution is -2.41. The van der Waals surface area contributed by atoms with Gasteiger partial charge in [0, 0.05) is 44.3 Å². The Labute approximate surface area is 241 Å². The molecule has 0 radical (unpaired) electrons. The summed E-state index contributed by atoms with van der Waals surface area (Å²) in [5.41, 5.74) is 12.1. The van der Waals surface area contributed by atoms with Crippen molar-refractivity contribution in [2.75, 3.05) is 50.7 Å². The van der Waals surface area contributed by atoms with Crippen LogP contribution in [0.3, 0.4) is 0 Å². The number of carboxylic acid groups (broad SMARTS) is 1. The van der Waals surface area contributed by atoms with E-state index in [4.69, 9.17) is 20.9 Å². The second-order valence-corrected chi connectivity index (χ2v) is 9.45. The molecular formula is C27H36N8O7. The summed E-state index contributed by atoms with van der Waals surface area (Å²) < 4.78 is 10.6. The number of carbonyl (C=O) groups is 3. The fourth-order valence-electron chi connectivity index (χ4n) is 3.95. The lowest BCUT2D eigenvalue weighted by atomic mass is 10.1. The summed E-state index contributed by atoms with van der Waals surface area (Å²) in [7, 11) is 1.80. The number of nitrogens with one attached hydrogen (secondary N) is 2. The van der Waals surface area contributed by atoms with E-state index >= 15 is 0 Å². The highest BCUT2D eigenvalue weighted by Gasteiger charge is 2.22. The van der Waals surface area contributed by atoms with E-state index in [-0.39, 0.29) is 47.7 Å². The number of aromatic nitrogens is 4. The van der Waals surface area contributed by atoms with Crippen LogP contribution in [-0.2, 0) is 25.6 Å². The molecule has 2 heterocycles. The summed E-state index contributed by atoms with van der Waals surface area (Å²) in [6.45, 7) is 2.46. The number of ether oxygens (including phenoxy) is 2. The Morgan fingerprint density at radius 2 is 1.79 bits per heavy atom. The lowest BCUT2D eigenvalue weighted by Gasteiger charge is -2.19. The predicted molar refractivity (Wildman–Crippen MR) is 154 cm³/mol. The van der Waals surface area contributed by atoms with Gasteiger partial charge in [-0.25, -0.2) is 14.8 Å². The molecule has 3 aromatic rings. The number of benzene rings is 1. The SMILES string of the molecule is CN(Cc1cnc2nc(N)[nH]c(=O)c2n1)c1ccc(C(=O)N[C@@H](CCC(=O)CCCOCCOCCN)C(=O)O)cc1. The van der Waals surface area contributed by atoms with Gasteiger partial charge in [0.1, 0.15) is 11.8 Å². The number of amides is 1. The number of carboxylic acids is 1. The Morgan fingerprint density at radius 1 is 1.07 bits per heavy atom. The standard InChI is InChI=1S/C27H36N8O7/c1-35(16-18-15-30-23-22(31-18)25(38)34-27(29)33-23)19-6-4-17(5-7-19)24(37)32-21(26(39)40)9-8-20(36)3-2-11-41-13-14-42-12-10-28/h4-7,15,21H,2-3,8-14,16,28H2,1H3,(H,32,37)(H,39,40)(H3,29,30,33,34,38)/t21-/m0/s1. The minimum Gasteiger partial charge on any atom is -0.480 e. The second kappa shape index (κ2) is 16.1. The first-order valence-electron chi connectivity index (χ1n) is 13.4. The molecule has 0 saturated heterocycles. The van der Waals surface area contributed by atoms with E-state index in [1.54, 1.807) is 31.3 Å². The van der Waals surface area contributed by atoms with Crippen molar-refractivity contribution >= 4 is 40.5 Å². The van der Waals surface area contributed by atoms with Crippen molar-refractivity contribution in [1.82, 2.24) is 25.3 Å². The molecule has 15 nitrogen and oxygen atoms in total. The first-order valence-corrected chi connectivity index (χ1v) is 13.4.